The van der Waals surface area contributed by atoms with Crippen molar-refractivity contribution < 1.29 is 0 Å². The van der Waals surface area contributed by atoms with Crippen molar-refractivity contribution in [2.24, 2.45) is 0 Å². The van der Waals surface area contributed by atoms with Gasteiger partial charge in [0.1, 0.15) is 12.4 Å². The van der Waals surface area contributed by atoms with Crippen LogP contribution in [-0.4, -0.2) is 9.97 Å². The van der Waals surface area contributed by atoms with Crippen LogP contribution in [0.5, 0.6) is 0 Å². The normalized spacial score (nSPS) is 9.60. The molecule has 0 saturated heterocycles. The quantitative estimate of drug-likeness (QED) is 0.735. The van der Waals surface area contributed by atoms with E-state index >= 15 is 0 Å². The van der Waals surface area contributed by atoms with E-state index < -0.39 is 0 Å². The van der Waals surface area contributed by atoms with E-state index in [-0.39, 0.29) is 0 Å². The van der Waals surface area contributed by atoms with Crippen molar-refractivity contribution in [1.29, 1.82) is 5.26 Å². The van der Waals surface area contributed by atoms with E-state index in [0.717, 1.165) is 11.1 Å². The minimum atomic E-state index is 0.368. The largest absolute Gasteiger partial charge is 0.244 e. The highest BCUT2D eigenvalue weighted by molar-refractivity contribution is 6.30. The molecule has 1 aromatic carbocycles. The van der Waals surface area contributed by atoms with Gasteiger partial charge in [-0.25, -0.2) is 9.97 Å². The molecule has 72 valence electrons. The van der Waals surface area contributed by atoms with Crippen LogP contribution in [0.15, 0.2) is 36.8 Å². The van der Waals surface area contributed by atoms with Gasteiger partial charge in [-0.3, -0.25) is 0 Å². The Balaban J connectivity index is 2.55. The Labute approximate surface area is 92.0 Å². The zero-order valence-electron chi connectivity index (χ0n) is 7.68. The van der Waals surface area contributed by atoms with Crippen LogP contribution in [0.2, 0.25) is 5.02 Å². The molecule has 0 aliphatic rings. The summed E-state index contributed by atoms with van der Waals surface area (Å²) >= 11 is 5.78. The van der Waals surface area contributed by atoms with Crippen LogP contribution in [0.1, 0.15) is 5.69 Å². The standard InChI is InChI=1S/C11H6ClN3/c12-9-3-1-8(2-4-9)10-6-14-7-15-11(10)5-13/h1-4,6-7H. The SMILES string of the molecule is N#Cc1ncncc1-c1ccc(Cl)cc1. The molecule has 0 N–H and O–H groups in total. The highest BCUT2D eigenvalue weighted by Crippen LogP contribution is 2.22. The van der Waals surface area contributed by atoms with Crippen molar-refractivity contribution in [1.82, 2.24) is 9.97 Å². The van der Waals surface area contributed by atoms with Crippen molar-refractivity contribution in [2.75, 3.05) is 0 Å². The Kier molecular flexibility index (Phi) is 2.61. The molecular formula is C11H6ClN3. The number of aromatic nitrogens is 2. The minimum Gasteiger partial charge on any atom is -0.244 e. The zero-order chi connectivity index (χ0) is 10.7. The van der Waals surface area contributed by atoms with Crippen LogP contribution < -0.4 is 0 Å². The number of benzene rings is 1. The molecule has 0 radical (unpaired) electrons. The molecule has 3 nitrogen and oxygen atoms in total. The third kappa shape index (κ3) is 1.95. The number of rotatable bonds is 1. The van der Waals surface area contributed by atoms with Gasteiger partial charge in [-0.1, -0.05) is 23.7 Å². The molecule has 0 aliphatic carbocycles. The number of halogens is 1. The van der Waals surface area contributed by atoms with Gasteiger partial charge in [0.05, 0.1) is 0 Å². The molecule has 2 rings (SSSR count). The Hall–Kier alpha value is -1.92. The van der Waals surface area contributed by atoms with Gasteiger partial charge in [0.15, 0.2) is 5.69 Å². The van der Waals surface area contributed by atoms with Gasteiger partial charge >= 0.3 is 0 Å². The lowest BCUT2D eigenvalue weighted by molar-refractivity contribution is 1.14. The van der Waals surface area contributed by atoms with Crippen molar-refractivity contribution in [3.8, 4) is 17.2 Å². The van der Waals surface area contributed by atoms with Crippen LogP contribution in [0.25, 0.3) is 11.1 Å². The Morgan fingerprint density at radius 3 is 2.60 bits per heavy atom. The summed E-state index contributed by atoms with van der Waals surface area (Å²) in [6.45, 7) is 0. The van der Waals surface area contributed by atoms with E-state index in [1.165, 1.54) is 6.33 Å². The number of hydrogen-bond acceptors (Lipinski definition) is 3. The lowest BCUT2D eigenvalue weighted by Gasteiger charge is -2.01. The van der Waals surface area contributed by atoms with Crippen molar-refractivity contribution in [3.05, 3.63) is 47.5 Å². The summed E-state index contributed by atoms with van der Waals surface area (Å²) in [4.78, 5) is 7.79. The van der Waals surface area contributed by atoms with E-state index in [1.54, 1.807) is 18.3 Å². The fraction of sp³-hybridized carbons (Fsp3) is 0. The molecule has 0 aliphatic heterocycles. The summed E-state index contributed by atoms with van der Waals surface area (Å²) in [5.74, 6) is 0. The predicted molar refractivity (Wildman–Crippen MR) is 57.2 cm³/mol. The molecule has 0 unspecified atom stereocenters. The van der Waals surface area contributed by atoms with Crippen molar-refractivity contribution in [2.45, 2.75) is 0 Å². The number of hydrogen-bond donors (Lipinski definition) is 0. The highest BCUT2D eigenvalue weighted by Gasteiger charge is 2.05. The van der Waals surface area contributed by atoms with Crippen molar-refractivity contribution >= 4 is 11.6 Å². The minimum absolute atomic E-state index is 0.368. The predicted octanol–water partition coefficient (Wildman–Crippen LogP) is 2.67. The maximum Gasteiger partial charge on any atom is 0.151 e. The topological polar surface area (TPSA) is 49.6 Å². The molecule has 0 amide bonds. The van der Waals surface area contributed by atoms with Gasteiger partial charge in [0.2, 0.25) is 0 Å². The van der Waals surface area contributed by atoms with Gasteiger partial charge in [-0.2, -0.15) is 5.26 Å². The van der Waals surface area contributed by atoms with E-state index in [0.29, 0.717) is 10.7 Å². The van der Waals surface area contributed by atoms with Gasteiger partial charge in [-0.15, -0.1) is 0 Å². The third-order valence-electron chi connectivity index (χ3n) is 1.97. The van der Waals surface area contributed by atoms with Gasteiger partial charge < -0.3 is 0 Å². The van der Waals surface area contributed by atoms with Crippen LogP contribution in [0, 0.1) is 11.3 Å². The average molecular weight is 216 g/mol. The summed E-state index contributed by atoms with van der Waals surface area (Å²) in [6.07, 6.45) is 2.98. The van der Waals surface area contributed by atoms with E-state index in [1.807, 2.05) is 18.2 Å². The lowest BCUT2D eigenvalue weighted by atomic mass is 10.1. The monoisotopic (exact) mass is 215 g/mol. The molecule has 0 saturated carbocycles. The fourth-order valence-electron chi connectivity index (χ4n) is 1.26. The maximum absolute atomic E-state index is 8.87. The molecule has 0 bridgehead atoms. The first-order chi connectivity index (χ1) is 7.31. The van der Waals surface area contributed by atoms with Gasteiger partial charge in [0.25, 0.3) is 0 Å². The summed E-state index contributed by atoms with van der Waals surface area (Å²) in [5, 5.41) is 9.53. The number of nitrogens with zero attached hydrogens (tertiary/aromatic N) is 3. The molecular weight excluding hydrogens is 210 g/mol. The van der Waals surface area contributed by atoms with E-state index in [9.17, 15) is 0 Å². The highest BCUT2D eigenvalue weighted by atomic mass is 35.5. The number of nitriles is 1. The lowest BCUT2D eigenvalue weighted by Crippen LogP contribution is -1.89. The molecule has 1 heterocycles. The summed E-state index contributed by atoms with van der Waals surface area (Å²) < 4.78 is 0. The molecule has 15 heavy (non-hydrogen) atoms. The van der Waals surface area contributed by atoms with Gasteiger partial charge in [0, 0.05) is 16.8 Å². The summed E-state index contributed by atoms with van der Waals surface area (Å²) in [7, 11) is 0. The van der Waals surface area contributed by atoms with Crippen molar-refractivity contribution in [3.63, 3.8) is 0 Å². The maximum atomic E-state index is 8.87. The Morgan fingerprint density at radius 2 is 1.93 bits per heavy atom. The van der Waals surface area contributed by atoms with Crippen LogP contribution >= 0.6 is 11.6 Å². The summed E-state index contributed by atoms with van der Waals surface area (Å²) in [5.41, 5.74) is 1.97. The first-order valence-corrected chi connectivity index (χ1v) is 4.65. The second kappa shape index (κ2) is 4.07. The fourth-order valence-corrected chi connectivity index (χ4v) is 1.39. The molecule has 0 atom stereocenters. The molecule has 0 spiro atoms. The van der Waals surface area contributed by atoms with E-state index in [2.05, 4.69) is 9.97 Å². The first-order valence-electron chi connectivity index (χ1n) is 4.27. The smallest absolute Gasteiger partial charge is 0.151 e. The van der Waals surface area contributed by atoms with Crippen LogP contribution in [-0.2, 0) is 0 Å². The third-order valence-corrected chi connectivity index (χ3v) is 2.23. The summed E-state index contributed by atoms with van der Waals surface area (Å²) in [6, 6.07) is 9.23. The average Bonchev–Trinajstić information content (AvgIpc) is 2.30. The molecule has 2 aromatic rings. The van der Waals surface area contributed by atoms with Crippen LogP contribution in [0.3, 0.4) is 0 Å². The second-order valence-electron chi connectivity index (χ2n) is 2.90. The molecule has 0 fully saturated rings. The first kappa shape index (κ1) is 9.63. The Morgan fingerprint density at radius 1 is 1.20 bits per heavy atom. The van der Waals surface area contributed by atoms with E-state index in [4.69, 9.17) is 16.9 Å². The molecule has 4 heteroatoms. The molecule has 1 aromatic heterocycles. The van der Waals surface area contributed by atoms with Gasteiger partial charge in [-0.05, 0) is 17.7 Å². The Bertz CT molecular complexity index is 514. The second-order valence-corrected chi connectivity index (χ2v) is 3.34. The zero-order valence-corrected chi connectivity index (χ0v) is 8.44. The van der Waals surface area contributed by atoms with Crippen LogP contribution in [0.4, 0.5) is 0 Å².